The Balaban J connectivity index is -0.0000000638. The predicted molar refractivity (Wildman–Crippen MR) is 97.6 cm³/mol. The summed E-state index contributed by atoms with van der Waals surface area (Å²) in [6, 6.07) is 0. The Kier molecular flexibility index (Phi) is 26.7. The van der Waals surface area contributed by atoms with Gasteiger partial charge in [-0.25, -0.2) is 4.79 Å². The van der Waals surface area contributed by atoms with Crippen LogP contribution in [0.3, 0.4) is 0 Å². The number of carboxylic acid groups (broad SMARTS) is 1. The molecule has 8 nitrogen and oxygen atoms in total. The first-order valence-electron chi connectivity index (χ1n) is 6.10. The van der Waals surface area contributed by atoms with Crippen LogP contribution in [0.25, 0.3) is 0 Å². The first-order chi connectivity index (χ1) is 9.66. The molecule has 1 amide bonds. The van der Waals surface area contributed by atoms with Crippen LogP contribution in [-0.4, -0.2) is 112 Å². The topological polar surface area (TPSA) is 141 Å². The maximum absolute atomic E-state index is 10.8. The summed E-state index contributed by atoms with van der Waals surface area (Å²) >= 11 is 0. The molecule has 0 rings (SSSR count). The summed E-state index contributed by atoms with van der Waals surface area (Å²) in [5.74, 6) is -1.99. The molecule has 0 saturated heterocycles. The van der Waals surface area contributed by atoms with Crippen molar-refractivity contribution in [3.63, 3.8) is 0 Å². The zero-order valence-electron chi connectivity index (χ0n) is 15.2. The van der Waals surface area contributed by atoms with Crippen molar-refractivity contribution in [2.75, 3.05) is 5.75 Å². The van der Waals surface area contributed by atoms with Gasteiger partial charge in [0, 0.05) is 72.7 Å². The van der Waals surface area contributed by atoms with E-state index in [9.17, 15) is 18.0 Å². The molecule has 0 spiro atoms. The number of amides is 1. The van der Waals surface area contributed by atoms with Crippen LogP contribution in [0, 0.1) is 0 Å². The van der Waals surface area contributed by atoms with Gasteiger partial charge < -0.3 is 15.5 Å². The maximum atomic E-state index is 10.8. The smallest absolute Gasteiger partial charge is 0.327 e. The molecule has 4 N–H and O–H groups in total. The summed E-state index contributed by atoms with van der Waals surface area (Å²) in [5.41, 5.74) is -1.00. The van der Waals surface area contributed by atoms with E-state index in [-0.39, 0.29) is 66.6 Å². The number of aliphatic hydroxyl groups is 1. The van der Waals surface area contributed by atoms with Crippen molar-refractivity contribution in [2.24, 2.45) is 0 Å². The van der Waals surface area contributed by atoms with Crippen molar-refractivity contribution in [3.05, 3.63) is 25.3 Å². The molecule has 0 aliphatic rings. The molecule has 0 atom stereocenters. The third-order valence-corrected chi connectivity index (χ3v) is 2.45. The zero-order chi connectivity index (χ0) is 18.6. The van der Waals surface area contributed by atoms with Gasteiger partial charge in [0.05, 0.1) is 11.3 Å². The Morgan fingerprint density at radius 1 is 1.21 bits per heavy atom. The number of carbonyl (C=O) groups excluding carboxylic acids is 1. The van der Waals surface area contributed by atoms with E-state index < -0.39 is 33.3 Å². The predicted octanol–water partition coefficient (Wildman–Crippen LogP) is 0.0835. The normalized spacial score (nSPS) is 9.46. The third kappa shape index (κ3) is 43.2. The largest absolute Gasteiger partial charge is 0.478 e. The quantitative estimate of drug-likeness (QED) is 0.297. The van der Waals surface area contributed by atoms with Gasteiger partial charge >= 0.3 is 5.97 Å². The molecule has 134 valence electrons. The Bertz CT molecular complexity index is 480. The fourth-order valence-electron chi connectivity index (χ4n) is 0.877. The average Bonchev–Trinajstić information content (AvgIpc) is 2.24. The number of rotatable bonds is 5. The average molecular weight is 387 g/mol. The van der Waals surface area contributed by atoms with Gasteiger partial charge in [0.1, 0.15) is 0 Å². The van der Waals surface area contributed by atoms with Crippen molar-refractivity contribution in [1.29, 1.82) is 0 Å². The minimum atomic E-state index is -4.08. The molecule has 0 aliphatic carbocycles. The molecule has 11 heteroatoms. The molecule has 0 aromatic carbocycles. The molecule has 0 unspecified atom stereocenters. The molecule has 0 saturated carbocycles. The van der Waals surface area contributed by atoms with E-state index >= 15 is 0 Å². The van der Waals surface area contributed by atoms with E-state index in [4.69, 9.17) is 14.8 Å². The SMILES string of the molecule is C=CC(=O)NC(C)(C)CS(=O)(=O)O.C=CC(=O)O.CC(C)O.[HH].[Na].[Na]. The molecule has 0 bridgehead atoms. The van der Waals surface area contributed by atoms with E-state index in [1.165, 1.54) is 13.8 Å². The molecule has 0 aromatic heterocycles. The second-order valence-electron chi connectivity index (χ2n) is 4.94. The van der Waals surface area contributed by atoms with Crippen LogP contribution in [0.5, 0.6) is 0 Å². The van der Waals surface area contributed by atoms with Crippen LogP contribution in [0.1, 0.15) is 29.1 Å². The van der Waals surface area contributed by atoms with Crippen LogP contribution in [0.2, 0.25) is 0 Å². The summed E-state index contributed by atoms with van der Waals surface area (Å²) < 4.78 is 29.5. The van der Waals surface area contributed by atoms with E-state index in [2.05, 4.69) is 18.5 Å². The molecule has 2 radical (unpaired) electrons. The molecule has 24 heavy (non-hydrogen) atoms. The number of aliphatic carboxylic acids is 1. The van der Waals surface area contributed by atoms with Gasteiger partial charge in [0.15, 0.2) is 0 Å². The van der Waals surface area contributed by atoms with E-state index in [1.807, 2.05) is 0 Å². The Hall–Kier alpha value is 0.290. The maximum Gasteiger partial charge on any atom is 0.327 e. The van der Waals surface area contributed by atoms with Gasteiger partial charge in [0.2, 0.25) is 5.91 Å². The van der Waals surface area contributed by atoms with Crippen molar-refractivity contribution in [3.8, 4) is 0 Å². The van der Waals surface area contributed by atoms with Gasteiger partial charge in [-0.3, -0.25) is 9.35 Å². The van der Waals surface area contributed by atoms with Gasteiger partial charge in [-0.05, 0) is 33.8 Å². The van der Waals surface area contributed by atoms with E-state index in [0.717, 1.165) is 12.2 Å². The number of carbonyl (C=O) groups is 2. The van der Waals surface area contributed by atoms with Crippen LogP contribution < -0.4 is 5.32 Å². The van der Waals surface area contributed by atoms with Crippen LogP contribution >= 0.6 is 0 Å². The summed E-state index contributed by atoms with van der Waals surface area (Å²) in [6.45, 7) is 12.6. The minimum absolute atomic E-state index is 0. The number of carboxylic acids is 1. The van der Waals surface area contributed by atoms with Crippen LogP contribution in [0.4, 0.5) is 0 Å². The fraction of sp³-hybridized carbons (Fsp3) is 0.538. The van der Waals surface area contributed by atoms with Gasteiger partial charge in [-0.15, -0.1) is 0 Å². The summed E-state index contributed by atoms with van der Waals surface area (Å²) in [5, 5.41) is 18.0. The molecule has 0 fully saturated rings. The Morgan fingerprint density at radius 3 is 1.67 bits per heavy atom. The molecular formula is C13H27NNa2O7S. The summed E-state index contributed by atoms with van der Waals surface area (Å²) in [7, 11) is -4.08. The monoisotopic (exact) mass is 387 g/mol. The second kappa shape index (κ2) is 18.1. The van der Waals surface area contributed by atoms with Crippen molar-refractivity contribution >= 4 is 81.1 Å². The summed E-state index contributed by atoms with van der Waals surface area (Å²) in [6.07, 6.45) is 1.70. The molecule has 0 aromatic rings. The third-order valence-electron chi connectivity index (χ3n) is 1.36. The molecule has 0 heterocycles. The van der Waals surface area contributed by atoms with Gasteiger partial charge in [-0.2, -0.15) is 8.42 Å². The Labute approximate surface area is 189 Å². The number of aliphatic hydroxyl groups excluding tert-OH is 1. The molecule has 0 aliphatic heterocycles. The number of nitrogens with one attached hydrogen (secondary N) is 1. The second-order valence-corrected chi connectivity index (χ2v) is 6.39. The first-order valence-corrected chi connectivity index (χ1v) is 7.71. The van der Waals surface area contributed by atoms with Crippen molar-refractivity contribution in [1.82, 2.24) is 5.32 Å². The fourth-order valence-corrected chi connectivity index (χ4v) is 1.86. The number of hydrogen-bond donors (Lipinski definition) is 4. The van der Waals surface area contributed by atoms with Crippen molar-refractivity contribution < 1.29 is 34.2 Å². The van der Waals surface area contributed by atoms with Gasteiger partial charge in [-0.1, -0.05) is 13.2 Å². The van der Waals surface area contributed by atoms with Crippen LogP contribution in [0.15, 0.2) is 25.3 Å². The van der Waals surface area contributed by atoms with Crippen molar-refractivity contribution in [2.45, 2.75) is 39.3 Å². The first kappa shape index (κ1) is 35.4. The summed E-state index contributed by atoms with van der Waals surface area (Å²) in [4.78, 5) is 20.1. The number of hydrogen-bond acceptors (Lipinski definition) is 5. The Morgan fingerprint density at radius 2 is 1.50 bits per heavy atom. The van der Waals surface area contributed by atoms with Gasteiger partial charge in [0.25, 0.3) is 10.1 Å². The minimum Gasteiger partial charge on any atom is -0.478 e. The van der Waals surface area contributed by atoms with Crippen LogP contribution in [-0.2, 0) is 19.7 Å². The molecular weight excluding hydrogens is 360 g/mol. The van der Waals surface area contributed by atoms with E-state index in [0.29, 0.717) is 0 Å². The standard InChI is InChI=1S/C7H13NO4S.C3H4O2.C3H8O.2Na.H2/c1-4-6(9)8-7(2,3)5-13(10,11)12;1-2-3(4)5;1-3(2)4;;;/h4H,1,5H2,2-3H3,(H,8,9)(H,10,11,12);2H,1H2,(H,4,5);3-4H,1-2H3;;;1H. The van der Waals surface area contributed by atoms with E-state index in [1.54, 1.807) is 13.8 Å². The zero-order valence-corrected chi connectivity index (χ0v) is 20.1.